The zero-order chi connectivity index (χ0) is 20.8. The summed E-state index contributed by atoms with van der Waals surface area (Å²) in [6, 6.07) is 9.60. The van der Waals surface area contributed by atoms with Gasteiger partial charge in [0.05, 0.1) is 24.2 Å². The first kappa shape index (κ1) is 21.3. The number of rotatable bonds is 9. The average Bonchev–Trinajstić information content (AvgIpc) is 3.27. The van der Waals surface area contributed by atoms with Gasteiger partial charge in [-0.25, -0.2) is 0 Å². The molecule has 2 aromatic heterocycles. The number of thiophene rings is 1. The van der Waals surface area contributed by atoms with Crippen molar-refractivity contribution in [3.8, 4) is 0 Å². The van der Waals surface area contributed by atoms with E-state index in [1.165, 1.54) is 18.4 Å². The molecule has 2 heterocycles. The summed E-state index contributed by atoms with van der Waals surface area (Å²) in [6.07, 6.45) is 2.88. The topological polar surface area (TPSA) is 73.2 Å². The minimum atomic E-state index is -0.194. The number of methoxy groups -OCH3 is 1. The molecule has 3 rings (SSSR count). The van der Waals surface area contributed by atoms with Crippen LogP contribution in [0.3, 0.4) is 0 Å². The first-order valence-electron chi connectivity index (χ1n) is 9.55. The highest BCUT2D eigenvalue weighted by Crippen LogP contribution is 2.29. The fourth-order valence-electron chi connectivity index (χ4n) is 3.08. The fourth-order valence-corrected chi connectivity index (χ4v) is 4.35. The Morgan fingerprint density at radius 3 is 2.79 bits per heavy atom. The predicted molar refractivity (Wildman–Crippen MR) is 116 cm³/mol. The summed E-state index contributed by atoms with van der Waals surface area (Å²) in [5, 5.41) is 9.25. The fraction of sp³-hybridized carbons (Fsp3) is 0.381. The molecule has 0 aliphatic heterocycles. The van der Waals surface area contributed by atoms with Crippen LogP contribution < -0.4 is 5.32 Å². The molecule has 0 radical (unpaired) electrons. The van der Waals surface area contributed by atoms with E-state index in [0.29, 0.717) is 29.4 Å². The van der Waals surface area contributed by atoms with Crippen LogP contribution in [0.1, 0.15) is 46.6 Å². The monoisotopic (exact) mass is 433 g/mol. The molecule has 0 aliphatic carbocycles. The molecular weight excluding hydrogens is 410 g/mol. The molecule has 0 saturated heterocycles. The van der Waals surface area contributed by atoms with E-state index in [4.69, 9.17) is 11.6 Å². The van der Waals surface area contributed by atoms with Gasteiger partial charge in [0.2, 0.25) is 0 Å². The highest BCUT2D eigenvalue weighted by Gasteiger charge is 2.16. The van der Waals surface area contributed by atoms with Crippen molar-refractivity contribution in [2.24, 2.45) is 0 Å². The highest BCUT2D eigenvalue weighted by atomic mass is 35.5. The van der Waals surface area contributed by atoms with Gasteiger partial charge in [0, 0.05) is 23.4 Å². The number of carbonyl (C=O) groups excluding carboxylic acids is 2. The Hall–Kier alpha value is -2.38. The number of esters is 1. The summed E-state index contributed by atoms with van der Waals surface area (Å²) in [4.78, 5) is 25.2. The number of fused-ring (bicyclic) bond motifs is 1. The molecule has 0 atom stereocenters. The Bertz CT molecular complexity index is 1010. The molecule has 0 bridgehead atoms. The van der Waals surface area contributed by atoms with Gasteiger partial charge in [-0.2, -0.15) is 5.10 Å². The summed E-state index contributed by atoms with van der Waals surface area (Å²) >= 11 is 7.72. The smallest absolute Gasteiger partial charge is 0.305 e. The van der Waals surface area contributed by atoms with Crippen LogP contribution in [-0.2, 0) is 16.1 Å². The third-order valence-corrected chi connectivity index (χ3v) is 6.20. The summed E-state index contributed by atoms with van der Waals surface area (Å²) in [5.74, 6) is -0.275. The second-order valence-corrected chi connectivity index (χ2v) is 8.24. The van der Waals surface area contributed by atoms with Crippen molar-refractivity contribution in [3.05, 3.63) is 51.5 Å². The largest absolute Gasteiger partial charge is 0.469 e. The Labute approximate surface area is 178 Å². The van der Waals surface area contributed by atoms with E-state index < -0.39 is 0 Å². The molecule has 8 heteroatoms. The number of hydrogen-bond acceptors (Lipinski definition) is 5. The lowest BCUT2D eigenvalue weighted by atomic mass is 10.2. The number of halogens is 1. The zero-order valence-electron chi connectivity index (χ0n) is 16.5. The maximum atomic E-state index is 12.5. The molecule has 0 saturated carbocycles. The van der Waals surface area contributed by atoms with Gasteiger partial charge in [-0.3, -0.25) is 14.3 Å². The molecule has 1 amide bonds. The van der Waals surface area contributed by atoms with Gasteiger partial charge in [-0.15, -0.1) is 11.3 Å². The minimum Gasteiger partial charge on any atom is -0.469 e. The molecular formula is C21H24ClN3O3S. The number of ether oxygens (including phenoxy) is 1. The van der Waals surface area contributed by atoms with Gasteiger partial charge < -0.3 is 10.1 Å². The molecule has 0 unspecified atom stereocenters. The Kier molecular flexibility index (Phi) is 7.28. The first-order chi connectivity index (χ1) is 14.0. The molecule has 0 aliphatic rings. The number of amides is 1. The molecule has 29 heavy (non-hydrogen) atoms. The second kappa shape index (κ2) is 9.89. The van der Waals surface area contributed by atoms with Crippen molar-refractivity contribution >= 4 is 45.0 Å². The number of unbranched alkanes of at least 4 members (excludes halogenated alkanes) is 2. The number of aryl methyl sites for hydroxylation is 1. The van der Waals surface area contributed by atoms with E-state index >= 15 is 0 Å². The number of benzene rings is 1. The number of nitrogens with zero attached hydrogens (tertiary/aromatic N) is 2. The molecule has 0 fully saturated rings. The lowest BCUT2D eigenvalue weighted by molar-refractivity contribution is -0.140. The van der Waals surface area contributed by atoms with E-state index in [1.807, 2.05) is 41.9 Å². The van der Waals surface area contributed by atoms with Crippen molar-refractivity contribution in [1.82, 2.24) is 15.1 Å². The van der Waals surface area contributed by atoms with Gasteiger partial charge >= 0.3 is 5.97 Å². The maximum absolute atomic E-state index is 12.5. The minimum absolute atomic E-state index is 0.0807. The number of nitrogens with one attached hydrogen (secondary N) is 1. The SMILES string of the molecule is COC(=O)CCCCCNC(=O)c1cc2c(C)nn(Cc3ccccc3Cl)c2s1. The van der Waals surface area contributed by atoms with Crippen molar-refractivity contribution in [2.75, 3.05) is 13.7 Å². The average molecular weight is 434 g/mol. The Morgan fingerprint density at radius 2 is 2.03 bits per heavy atom. The molecule has 6 nitrogen and oxygen atoms in total. The zero-order valence-corrected chi connectivity index (χ0v) is 18.1. The van der Waals surface area contributed by atoms with E-state index in [-0.39, 0.29) is 11.9 Å². The third-order valence-electron chi connectivity index (χ3n) is 4.68. The van der Waals surface area contributed by atoms with Crippen LogP contribution in [0, 0.1) is 6.92 Å². The van der Waals surface area contributed by atoms with Crippen molar-refractivity contribution in [3.63, 3.8) is 0 Å². The summed E-state index contributed by atoms with van der Waals surface area (Å²) in [5.41, 5.74) is 1.88. The van der Waals surface area contributed by atoms with Crippen LogP contribution in [-0.4, -0.2) is 35.3 Å². The molecule has 0 spiro atoms. The first-order valence-corrected chi connectivity index (χ1v) is 10.7. The lowest BCUT2D eigenvalue weighted by Crippen LogP contribution is -2.23. The Balaban J connectivity index is 1.60. The van der Waals surface area contributed by atoms with Crippen LogP contribution >= 0.6 is 22.9 Å². The third kappa shape index (κ3) is 5.36. The number of aromatic nitrogens is 2. The van der Waals surface area contributed by atoms with Crippen LogP contribution in [0.15, 0.2) is 30.3 Å². The van der Waals surface area contributed by atoms with E-state index in [1.54, 1.807) is 0 Å². The van der Waals surface area contributed by atoms with E-state index in [2.05, 4.69) is 15.2 Å². The van der Waals surface area contributed by atoms with Crippen LogP contribution in [0.4, 0.5) is 0 Å². The van der Waals surface area contributed by atoms with Gasteiger partial charge in [0.15, 0.2) is 0 Å². The molecule has 154 valence electrons. The molecule has 1 N–H and O–H groups in total. The second-order valence-electron chi connectivity index (χ2n) is 6.81. The number of carbonyl (C=O) groups is 2. The van der Waals surface area contributed by atoms with Gasteiger partial charge in [-0.1, -0.05) is 36.2 Å². The molecule has 1 aromatic carbocycles. The van der Waals surface area contributed by atoms with Gasteiger partial charge in [0.1, 0.15) is 4.83 Å². The highest BCUT2D eigenvalue weighted by molar-refractivity contribution is 7.20. The predicted octanol–water partition coefficient (Wildman–Crippen LogP) is 4.57. The van der Waals surface area contributed by atoms with Crippen molar-refractivity contribution in [1.29, 1.82) is 0 Å². The Morgan fingerprint density at radius 1 is 1.24 bits per heavy atom. The summed E-state index contributed by atoms with van der Waals surface area (Å²) in [7, 11) is 1.39. The standard InChI is InChI=1S/C21H24ClN3O3S/c1-14-16-12-18(20(27)23-11-7-3-4-10-19(26)28-2)29-21(16)25(24-14)13-15-8-5-6-9-17(15)22/h5-6,8-9,12H,3-4,7,10-11,13H2,1-2H3,(H,23,27). The summed E-state index contributed by atoms with van der Waals surface area (Å²) in [6.45, 7) is 3.09. The van der Waals surface area contributed by atoms with E-state index in [0.717, 1.165) is 40.7 Å². The number of hydrogen-bond donors (Lipinski definition) is 1. The summed E-state index contributed by atoms with van der Waals surface area (Å²) < 4.78 is 6.52. The maximum Gasteiger partial charge on any atom is 0.305 e. The van der Waals surface area contributed by atoms with Gasteiger partial charge in [-0.05, 0) is 37.5 Å². The van der Waals surface area contributed by atoms with Crippen LogP contribution in [0.25, 0.3) is 10.2 Å². The normalized spacial score (nSPS) is 11.0. The van der Waals surface area contributed by atoms with Gasteiger partial charge in [0.25, 0.3) is 5.91 Å². The van der Waals surface area contributed by atoms with E-state index in [9.17, 15) is 9.59 Å². The molecule has 3 aromatic rings. The van der Waals surface area contributed by atoms with Crippen molar-refractivity contribution in [2.45, 2.75) is 39.2 Å². The quantitative estimate of drug-likeness (QED) is 0.396. The van der Waals surface area contributed by atoms with Crippen LogP contribution in [0.5, 0.6) is 0 Å². The van der Waals surface area contributed by atoms with Crippen molar-refractivity contribution < 1.29 is 14.3 Å². The lowest BCUT2D eigenvalue weighted by Gasteiger charge is -2.05. The van der Waals surface area contributed by atoms with Crippen LogP contribution in [0.2, 0.25) is 5.02 Å².